The van der Waals surface area contributed by atoms with Crippen LogP contribution in [0.4, 0.5) is 0 Å². The van der Waals surface area contributed by atoms with E-state index >= 15 is 0 Å². The molecule has 25 heavy (non-hydrogen) atoms. The summed E-state index contributed by atoms with van der Waals surface area (Å²) in [6, 6.07) is 3.98. The van der Waals surface area contributed by atoms with Gasteiger partial charge in [-0.15, -0.1) is 0 Å². The van der Waals surface area contributed by atoms with Crippen LogP contribution in [0.15, 0.2) is 24.5 Å². The predicted octanol–water partition coefficient (Wildman–Crippen LogP) is 1.56. The molecule has 1 saturated carbocycles. The molecule has 0 radical (unpaired) electrons. The van der Waals surface area contributed by atoms with Crippen LogP contribution in [0, 0.1) is 0 Å². The predicted molar refractivity (Wildman–Crippen MR) is 93.1 cm³/mol. The zero-order valence-corrected chi connectivity index (χ0v) is 14.9. The smallest absolute Gasteiger partial charge is 0.223 e. The fourth-order valence-corrected chi connectivity index (χ4v) is 4.28. The van der Waals surface area contributed by atoms with E-state index in [1.54, 1.807) is 19.5 Å². The Morgan fingerprint density at radius 1 is 1.40 bits per heavy atom. The third kappa shape index (κ3) is 4.02. The Hall–Kier alpha value is -1.50. The molecule has 3 atom stereocenters. The van der Waals surface area contributed by atoms with E-state index in [9.17, 15) is 4.79 Å². The summed E-state index contributed by atoms with van der Waals surface area (Å²) in [7, 11) is 1.76. The zero-order valence-electron chi connectivity index (χ0n) is 14.9. The quantitative estimate of drug-likeness (QED) is 0.810. The second-order valence-electron chi connectivity index (χ2n) is 6.97. The number of aryl methyl sites for hydroxylation is 1. The van der Waals surface area contributed by atoms with Crippen molar-refractivity contribution in [3.63, 3.8) is 0 Å². The number of ether oxygens (including phenoxy) is 2. The minimum Gasteiger partial charge on any atom is -0.394 e. The summed E-state index contributed by atoms with van der Waals surface area (Å²) in [6.45, 7) is 1.14. The lowest BCUT2D eigenvalue weighted by Crippen LogP contribution is -2.53. The molecule has 1 aromatic heterocycles. The van der Waals surface area contributed by atoms with Gasteiger partial charge < -0.3 is 19.5 Å². The molecule has 0 aromatic carbocycles. The SMILES string of the molecule is CO[C@@]12CC[C@@H](OCCO)C[C@@H]1N(C(=O)CCc1ccncc1)CC2. The van der Waals surface area contributed by atoms with Crippen LogP contribution in [0.3, 0.4) is 0 Å². The van der Waals surface area contributed by atoms with Crippen molar-refractivity contribution in [3.8, 4) is 0 Å². The number of rotatable bonds is 7. The summed E-state index contributed by atoms with van der Waals surface area (Å²) < 4.78 is 11.6. The summed E-state index contributed by atoms with van der Waals surface area (Å²) in [4.78, 5) is 18.8. The largest absolute Gasteiger partial charge is 0.394 e. The average molecular weight is 348 g/mol. The molecule has 1 aliphatic carbocycles. The van der Waals surface area contributed by atoms with Gasteiger partial charge in [-0.3, -0.25) is 9.78 Å². The van der Waals surface area contributed by atoms with Gasteiger partial charge in [0.2, 0.25) is 5.91 Å². The topological polar surface area (TPSA) is 71.9 Å². The third-order valence-electron chi connectivity index (χ3n) is 5.68. The third-order valence-corrected chi connectivity index (χ3v) is 5.68. The van der Waals surface area contributed by atoms with Crippen molar-refractivity contribution < 1.29 is 19.4 Å². The number of methoxy groups -OCH3 is 1. The van der Waals surface area contributed by atoms with Crippen LogP contribution in [0.5, 0.6) is 0 Å². The van der Waals surface area contributed by atoms with E-state index < -0.39 is 0 Å². The summed E-state index contributed by atoms with van der Waals surface area (Å²) in [6.07, 6.45) is 8.34. The highest BCUT2D eigenvalue weighted by molar-refractivity contribution is 5.77. The molecular formula is C19H28N2O4. The van der Waals surface area contributed by atoms with Crippen LogP contribution >= 0.6 is 0 Å². The van der Waals surface area contributed by atoms with Crippen LogP contribution in [-0.4, -0.2) is 65.5 Å². The second kappa shape index (κ2) is 8.25. The lowest BCUT2D eigenvalue weighted by Gasteiger charge is -2.43. The lowest BCUT2D eigenvalue weighted by molar-refractivity contribution is -0.142. The van der Waals surface area contributed by atoms with Crippen LogP contribution in [0.1, 0.15) is 37.7 Å². The number of carbonyl (C=O) groups is 1. The van der Waals surface area contributed by atoms with E-state index in [1.165, 1.54) is 0 Å². The van der Waals surface area contributed by atoms with Gasteiger partial charge in [-0.05, 0) is 49.8 Å². The standard InChI is InChI=1S/C19H28N2O4/c1-24-19-7-4-16(25-13-12-22)14-17(19)21(11-8-19)18(23)3-2-15-5-9-20-10-6-15/h5-6,9-10,16-17,22H,2-4,7-8,11-14H2,1H3/t16-,17+,19-/m1/s1. The van der Waals surface area contributed by atoms with Gasteiger partial charge in [0.25, 0.3) is 0 Å². The first-order chi connectivity index (χ1) is 12.2. The lowest BCUT2D eigenvalue weighted by atomic mass is 9.79. The van der Waals surface area contributed by atoms with Gasteiger partial charge in [0.1, 0.15) is 0 Å². The number of hydrogen-bond acceptors (Lipinski definition) is 5. The first-order valence-corrected chi connectivity index (χ1v) is 9.14. The highest BCUT2D eigenvalue weighted by Crippen LogP contribution is 2.43. The van der Waals surface area contributed by atoms with Gasteiger partial charge >= 0.3 is 0 Å². The maximum absolute atomic E-state index is 12.8. The van der Waals surface area contributed by atoms with E-state index in [0.717, 1.165) is 44.2 Å². The van der Waals surface area contributed by atoms with Crippen LogP contribution in [-0.2, 0) is 20.7 Å². The normalized spacial score (nSPS) is 28.8. The van der Waals surface area contributed by atoms with Crippen molar-refractivity contribution >= 4 is 5.91 Å². The van der Waals surface area contributed by atoms with Crippen LogP contribution in [0.2, 0.25) is 0 Å². The molecule has 6 heteroatoms. The van der Waals surface area contributed by atoms with Crippen molar-refractivity contribution in [2.24, 2.45) is 0 Å². The van der Waals surface area contributed by atoms with Gasteiger partial charge in [-0.2, -0.15) is 0 Å². The molecule has 0 spiro atoms. The maximum Gasteiger partial charge on any atom is 0.223 e. The zero-order chi connectivity index (χ0) is 17.7. The van der Waals surface area contributed by atoms with Gasteiger partial charge in [-0.25, -0.2) is 0 Å². The number of amides is 1. The van der Waals surface area contributed by atoms with E-state index in [0.29, 0.717) is 13.0 Å². The summed E-state index contributed by atoms with van der Waals surface area (Å²) in [5.74, 6) is 0.184. The van der Waals surface area contributed by atoms with Crippen molar-refractivity contribution in [1.29, 1.82) is 0 Å². The van der Waals surface area contributed by atoms with Crippen molar-refractivity contribution in [1.82, 2.24) is 9.88 Å². The molecule has 1 aromatic rings. The van der Waals surface area contributed by atoms with E-state index in [-0.39, 0.29) is 30.3 Å². The van der Waals surface area contributed by atoms with Crippen LogP contribution in [0.25, 0.3) is 0 Å². The van der Waals surface area contributed by atoms with Gasteiger partial charge in [0, 0.05) is 32.5 Å². The Morgan fingerprint density at radius 2 is 2.20 bits per heavy atom. The highest BCUT2D eigenvalue weighted by Gasteiger charge is 2.52. The van der Waals surface area contributed by atoms with Gasteiger partial charge in [0.05, 0.1) is 31.0 Å². The van der Waals surface area contributed by atoms with E-state index in [2.05, 4.69) is 4.98 Å². The number of likely N-dealkylation sites (tertiary alicyclic amines) is 1. The Balaban J connectivity index is 1.63. The first-order valence-electron chi connectivity index (χ1n) is 9.14. The number of pyridine rings is 1. The molecule has 1 amide bonds. The van der Waals surface area contributed by atoms with E-state index in [1.807, 2.05) is 17.0 Å². The Bertz CT molecular complexity index is 568. The van der Waals surface area contributed by atoms with Gasteiger partial charge in [0.15, 0.2) is 0 Å². The molecule has 0 unspecified atom stereocenters. The van der Waals surface area contributed by atoms with Gasteiger partial charge in [-0.1, -0.05) is 0 Å². The van der Waals surface area contributed by atoms with Crippen LogP contribution < -0.4 is 0 Å². The molecule has 0 bridgehead atoms. The summed E-state index contributed by atoms with van der Waals surface area (Å²) in [5.41, 5.74) is 0.902. The number of fused-ring (bicyclic) bond motifs is 1. The van der Waals surface area contributed by atoms with Crippen molar-refractivity contribution in [3.05, 3.63) is 30.1 Å². The maximum atomic E-state index is 12.8. The fraction of sp³-hybridized carbons (Fsp3) is 0.684. The van der Waals surface area contributed by atoms with Crippen molar-refractivity contribution in [2.45, 2.75) is 56.3 Å². The Labute approximate surface area is 149 Å². The number of aliphatic hydroxyl groups is 1. The first kappa shape index (κ1) is 18.3. The minimum atomic E-state index is -0.231. The Kier molecular flexibility index (Phi) is 6.04. The fourth-order valence-electron chi connectivity index (χ4n) is 4.28. The molecule has 1 saturated heterocycles. The average Bonchev–Trinajstić information content (AvgIpc) is 3.04. The molecular weight excluding hydrogens is 320 g/mol. The summed E-state index contributed by atoms with van der Waals surface area (Å²) >= 11 is 0. The molecule has 6 nitrogen and oxygen atoms in total. The Morgan fingerprint density at radius 3 is 2.92 bits per heavy atom. The molecule has 3 rings (SSSR count). The highest BCUT2D eigenvalue weighted by atomic mass is 16.5. The monoisotopic (exact) mass is 348 g/mol. The number of hydrogen-bond donors (Lipinski definition) is 1. The van der Waals surface area contributed by atoms with Crippen molar-refractivity contribution in [2.75, 3.05) is 26.9 Å². The molecule has 2 fully saturated rings. The molecule has 138 valence electrons. The number of aliphatic hydroxyl groups excluding tert-OH is 1. The molecule has 1 N–H and O–H groups in total. The molecule has 1 aliphatic heterocycles. The number of nitrogens with zero attached hydrogens (tertiary/aromatic N) is 2. The molecule has 2 heterocycles. The number of aromatic nitrogens is 1. The minimum absolute atomic E-state index is 0.0329. The molecule has 2 aliphatic rings. The number of carbonyl (C=O) groups excluding carboxylic acids is 1. The second-order valence-corrected chi connectivity index (χ2v) is 6.97. The summed E-state index contributed by atoms with van der Waals surface area (Å²) in [5, 5.41) is 8.98. The van der Waals surface area contributed by atoms with E-state index in [4.69, 9.17) is 14.6 Å².